The molecule has 4 N–H and O–H groups in total. The van der Waals surface area contributed by atoms with E-state index in [2.05, 4.69) is 20.8 Å². The lowest BCUT2D eigenvalue weighted by Gasteiger charge is -2.61. The lowest BCUT2D eigenvalue weighted by Crippen LogP contribution is -2.55. The Kier molecular flexibility index (Phi) is 9.75. The largest absolute Gasteiger partial charge is 0.505 e. The minimum Gasteiger partial charge on any atom is -0.505 e. The number of fused-ring (bicyclic) bond motifs is 5. The molecule has 2 aromatic carbocycles. The topological polar surface area (TPSA) is 115 Å². The zero-order chi connectivity index (χ0) is 35.6. The van der Waals surface area contributed by atoms with E-state index in [9.17, 15) is 38.8 Å². The summed E-state index contributed by atoms with van der Waals surface area (Å²) in [6, 6.07) is 5.73. The van der Waals surface area contributed by atoms with Gasteiger partial charge in [-0.2, -0.15) is 0 Å². The highest BCUT2D eigenvalue weighted by Crippen LogP contribution is 2.69. The van der Waals surface area contributed by atoms with Crippen LogP contribution in [-0.2, 0) is 0 Å². The Bertz CT molecular complexity index is 1560. The monoisotopic (exact) mass is 720 g/mol. The van der Waals surface area contributed by atoms with Crippen molar-refractivity contribution in [3.05, 3.63) is 56.6 Å². The molecule has 268 valence electrons. The van der Waals surface area contributed by atoms with Crippen LogP contribution < -0.4 is 0 Å². The van der Waals surface area contributed by atoms with E-state index in [1.807, 2.05) is 0 Å². The van der Waals surface area contributed by atoms with Gasteiger partial charge in [-0.1, -0.05) is 56.8 Å². The predicted octanol–water partition coefficient (Wildman–Crippen LogP) is 11.0. The van der Waals surface area contributed by atoms with Crippen LogP contribution in [0.25, 0.3) is 0 Å². The van der Waals surface area contributed by atoms with Crippen LogP contribution in [0.4, 0.5) is 8.78 Å². The third-order valence-corrected chi connectivity index (χ3v) is 14.6. The summed E-state index contributed by atoms with van der Waals surface area (Å²) in [6.07, 6.45) is 9.45. The lowest BCUT2D eigenvalue weighted by atomic mass is 9.44. The molecule has 0 spiro atoms. The molecule has 4 aliphatic rings. The molecule has 4 fully saturated rings. The van der Waals surface area contributed by atoms with Crippen LogP contribution in [-0.4, -0.2) is 38.3 Å². The molecule has 10 heteroatoms. The Morgan fingerprint density at radius 2 is 1.37 bits per heavy atom. The van der Waals surface area contributed by atoms with E-state index in [4.69, 9.17) is 23.2 Å². The van der Waals surface area contributed by atoms with Crippen molar-refractivity contribution in [3.8, 4) is 11.5 Å². The standard InChI is InChI=1S/C39H48Cl2F2O6/c1-20(28-9-10-29-25-8-7-23-19-39(42,43)14-13-37(23,2)30(25)11-12-38(28,29)3)5-4-6-24(21-15-26(35(46)47)33(44)31(40)17-21)22-16-27(36(48)49)34(45)32(41)18-22/h15-18,20,23-25,28-30,44-45H,4-14,19H2,1-3H3,(H,46,47)(H,48,49)/t20-,23-,25+,28-,29+,30+,37+,38-/m1/s1. The Morgan fingerprint density at radius 1 is 0.796 bits per heavy atom. The molecule has 4 saturated carbocycles. The van der Waals surface area contributed by atoms with Crippen LogP contribution >= 0.6 is 23.2 Å². The van der Waals surface area contributed by atoms with E-state index >= 15 is 0 Å². The average Bonchev–Trinajstić information content (AvgIpc) is 3.39. The quantitative estimate of drug-likeness (QED) is 0.205. The summed E-state index contributed by atoms with van der Waals surface area (Å²) >= 11 is 12.6. The van der Waals surface area contributed by atoms with Crippen LogP contribution in [0, 0.1) is 46.3 Å². The first kappa shape index (κ1) is 36.2. The molecular weight excluding hydrogens is 673 g/mol. The average molecular weight is 722 g/mol. The van der Waals surface area contributed by atoms with E-state index in [-0.39, 0.29) is 50.8 Å². The molecule has 0 aliphatic heterocycles. The fourth-order valence-electron chi connectivity index (χ4n) is 11.5. The van der Waals surface area contributed by atoms with Gasteiger partial charge in [-0.15, -0.1) is 0 Å². The van der Waals surface area contributed by atoms with E-state index in [0.717, 1.165) is 44.9 Å². The van der Waals surface area contributed by atoms with Gasteiger partial charge in [-0.3, -0.25) is 0 Å². The molecule has 0 saturated heterocycles. The number of hydrogen-bond acceptors (Lipinski definition) is 4. The summed E-state index contributed by atoms with van der Waals surface area (Å²) in [6.45, 7) is 7.12. The molecular formula is C39H48Cl2F2O6. The van der Waals surface area contributed by atoms with Gasteiger partial charge in [0.25, 0.3) is 0 Å². The van der Waals surface area contributed by atoms with Crippen molar-refractivity contribution in [1.82, 2.24) is 0 Å². The number of hydrogen-bond donors (Lipinski definition) is 4. The molecule has 6 nitrogen and oxygen atoms in total. The Hall–Kier alpha value is -2.58. The summed E-state index contributed by atoms with van der Waals surface area (Å²) in [5.74, 6) is -4.00. The molecule has 0 aromatic heterocycles. The normalized spacial score (nSPS) is 32.6. The second kappa shape index (κ2) is 13.2. The van der Waals surface area contributed by atoms with Crippen molar-refractivity contribution in [1.29, 1.82) is 0 Å². The van der Waals surface area contributed by atoms with Crippen LogP contribution in [0.15, 0.2) is 24.3 Å². The van der Waals surface area contributed by atoms with Crippen LogP contribution in [0.1, 0.15) is 136 Å². The number of aromatic hydroxyl groups is 2. The number of halogens is 4. The first-order chi connectivity index (χ1) is 23.0. The molecule has 2 aromatic rings. The van der Waals surface area contributed by atoms with Gasteiger partial charge in [0.05, 0.1) is 10.0 Å². The Balaban J connectivity index is 1.20. The van der Waals surface area contributed by atoms with E-state index < -0.39 is 35.3 Å². The van der Waals surface area contributed by atoms with Crippen molar-refractivity contribution in [2.75, 3.05) is 0 Å². The number of carboxylic acids is 2. The zero-order valence-electron chi connectivity index (χ0n) is 28.5. The highest BCUT2D eigenvalue weighted by Gasteiger charge is 2.62. The number of alkyl halides is 2. The number of rotatable bonds is 9. The maximum Gasteiger partial charge on any atom is 0.339 e. The van der Waals surface area contributed by atoms with Crippen molar-refractivity contribution >= 4 is 35.1 Å². The first-order valence-electron chi connectivity index (χ1n) is 17.9. The predicted molar refractivity (Wildman–Crippen MR) is 185 cm³/mol. The molecule has 0 unspecified atom stereocenters. The summed E-state index contributed by atoms with van der Waals surface area (Å²) in [5, 5.41) is 39.9. The summed E-state index contributed by atoms with van der Waals surface area (Å²) < 4.78 is 28.8. The number of phenols is 2. The molecule has 0 bridgehead atoms. The van der Waals surface area contributed by atoms with Gasteiger partial charge in [0.2, 0.25) is 5.92 Å². The number of benzene rings is 2. The second-order valence-corrected chi connectivity index (χ2v) is 17.1. The van der Waals surface area contributed by atoms with Gasteiger partial charge in [-0.25, -0.2) is 18.4 Å². The maximum absolute atomic E-state index is 14.4. The zero-order valence-corrected chi connectivity index (χ0v) is 30.0. The third kappa shape index (κ3) is 6.43. The smallest absolute Gasteiger partial charge is 0.339 e. The minimum absolute atomic E-state index is 0.0138. The fourth-order valence-corrected chi connectivity index (χ4v) is 11.9. The van der Waals surface area contributed by atoms with Gasteiger partial charge >= 0.3 is 11.9 Å². The number of aromatic carboxylic acids is 2. The molecule has 49 heavy (non-hydrogen) atoms. The SMILES string of the molecule is C[C@H](CCCC(c1cc(Cl)c(O)c(C(=O)O)c1)c1cc(Cl)c(O)c(C(=O)O)c1)[C@H]1CC[C@H]2[C@@H]3CC[C@@H]4CC(F)(F)CC[C@]4(C)[C@H]3CC[C@]12C. The van der Waals surface area contributed by atoms with E-state index in [1.54, 1.807) is 0 Å². The summed E-state index contributed by atoms with van der Waals surface area (Å²) in [7, 11) is 0. The molecule has 0 amide bonds. The molecule has 8 atom stereocenters. The summed E-state index contributed by atoms with van der Waals surface area (Å²) in [5.41, 5.74) is 0.510. The molecule has 0 radical (unpaired) electrons. The molecule has 6 rings (SSSR count). The van der Waals surface area contributed by atoms with Gasteiger partial charge < -0.3 is 20.4 Å². The molecule has 0 heterocycles. The van der Waals surface area contributed by atoms with Crippen LogP contribution in [0.5, 0.6) is 11.5 Å². The van der Waals surface area contributed by atoms with Gasteiger partial charge in [-0.05, 0) is 133 Å². The fraction of sp³-hybridized carbons (Fsp3) is 0.641. The van der Waals surface area contributed by atoms with E-state index in [1.165, 1.54) is 30.7 Å². The highest BCUT2D eigenvalue weighted by atomic mass is 35.5. The number of carboxylic acid groups (broad SMARTS) is 2. The van der Waals surface area contributed by atoms with Gasteiger partial charge in [0.1, 0.15) is 22.6 Å². The highest BCUT2D eigenvalue weighted by molar-refractivity contribution is 6.33. The van der Waals surface area contributed by atoms with Crippen LogP contribution in [0.3, 0.4) is 0 Å². The lowest BCUT2D eigenvalue weighted by molar-refractivity contribution is -0.164. The Labute approximate surface area is 297 Å². The van der Waals surface area contributed by atoms with Crippen molar-refractivity contribution in [3.63, 3.8) is 0 Å². The van der Waals surface area contributed by atoms with Gasteiger partial charge in [0.15, 0.2) is 0 Å². The second-order valence-electron chi connectivity index (χ2n) is 16.3. The van der Waals surface area contributed by atoms with Gasteiger partial charge in [0, 0.05) is 18.8 Å². The third-order valence-electron chi connectivity index (χ3n) is 14.0. The van der Waals surface area contributed by atoms with E-state index in [0.29, 0.717) is 53.6 Å². The Morgan fingerprint density at radius 3 is 1.94 bits per heavy atom. The maximum atomic E-state index is 14.4. The van der Waals surface area contributed by atoms with Crippen molar-refractivity contribution < 1.29 is 38.8 Å². The van der Waals surface area contributed by atoms with Crippen molar-refractivity contribution in [2.24, 2.45) is 46.3 Å². The van der Waals surface area contributed by atoms with Crippen molar-refractivity contribution in [2.45, 2.75) is 110 Å². The molecule has 4 aliphatic carbocycles. The van der Waals surface area contributed by atoms with Crippen LogP contribution in [0.2, 0.25) is 10.0 Å². The minimum atomic E-state index is -2.52. The first-order valence-corrected chi connectivity index (χ1v) is 18.6. The number of carbonyl (C=O) groups is 2. The summed E-state index contributed by atoms with van der Waals surface area (Å²) in [4.78, 5) is 23.9.